The first-order valence-corrected chi connectivity index (χ1v) is 10.7. The highest BCUT2D eigenvalue weighted by Crippen LogP contribution is 2.27. The van der Waals surface area contributed by atoms with Gasteiger partial charge in [0.05, 0.1) is 5.57 Å². The zero-order valence-corrected chi connectivity index (χ0v) is 18.0. The van der Waals surface area contributed by atoms with Crippen molar-refractivity contribution in [3.8, 4) is 0 Å². The number of amides is 1. The maximum absolute atomic E-state index is 12.4. The van der Waals surface area contributed by atoms with Gasteiger partial charge >= 0.3 is 11.9 Å². The van der Waals surface area contributed by atoms with Gasteiger partial charge in [-0.1, -0.05) is 12.1 Å². The summed E-state index contributed by atoms with van der Waals surface area (Å²) in [6, 6.07) is 5.59. The summed E-state index contributed by atoms with van der Waals surface area (Å²) in [5.41, 5.74) is 7.61. The number of nitrogens with zero attached hydrogens (tertiary/aromatic N) is 2. The van der Waals surface area contributed by atoms with Crippen LogP contribution >= 0.6 is 0 Å². The number of guanidine groups is 1. The molecule has 0 radical (unpaired) electrons. The Morgan fingerprint density at radius 2 is 1.94 bits per heavy atom. The molecular weight excluding hydrogens is 430 g/mol. The van der Waals surface area contributed by atoms with Crippen molar-refractivity contribution in [2.24, 2.45) is 21.6 Å². The Balaban J connectivity index is 1.55. The van der Waals surface area contributed by atoms with Crippen LogP contribution in [-0.4, -0.2) is 57.5 Å². The average Bonchev–Trinajstić information content (AvgIpc) is 2.97. The van der Waals surface area contributed by atoms with E-state index in [4.69, 9.17) is 10.8 Å². The summed E-state index contributed by atoms with van der Waals surface area (Å²) in [5.74, 6) is -2.10. The normalized spacial score (nSPS) is 18.7. The first-order chi connectivity index (χ1) is 15.7. The van der Waals surface area contributed by atoms with Crippen LogP contribution in [0.1, 0.15) is 48.0 Å². The summed E-state index contributed by atoms with van der Waals surface area (Å²) in [6.45, 7) is 0.614. The van der Waals surface area contributed by atoms with Crippen molar-refractivity contribution >= 4 is 29.6 Å². The van der Waals surface area contributed by atoms with Crippen LogP contribution in [0.4, 0.5) is 0 Å². The summed E-state index contributed by atoms with van der Waals surface area (Å²) in [4.78, 5) is 42.6. The van der Waals surface area contributed by atoms with E-state index in [9.17, 15) is 24.6 Å². The number of aliphatic hydroxyl groups is 1. The summed E-state index contributed by atoms with van der Waals surface area (Å²) < 4.78 is 0. The summed E-state index contributed by atoms with van der Waals surface area (Å²) in [7, 11) is 0. The number of benzene rings is 1. The number of fused-ring (bicyclic) bond motifs is 1. The Morgan fingerprint density at radius 1 is 1.21 bits per heavy atom. The minimum Gasteiger partial charge on any atom is -0.493 e. The van der Waals surface area contributed by atoms with Gasteiger partial charge in [-0.05, 0) is 55.7 Å². The number of nitrogens with two attached hydrogens (primary N) is 1. The SMILES string of the molecule is NC1=NC(O)=C2CC(CCc3ccc(C(=O)N[C@@H](CCC(=O)O)C(=O)O)cc3)CCN=C2N1. The van der Waals surface area contributed by atoms with Gasteiger partial charge in [0, 0.05) is 18.5 Å². The topological polar surface area (TPSA) is 187 Å². The zero-order valence-electron chi connectivity index (χ0n) is 18.0. The lowest BCUT2D eigenvalue weighted by atomic mass is 9.90. The molecule has 1 aromatic carbocycles. The van der Waals surface area contributed by atoms with E-state index < -0.39 is 23.9 Å². The van der Waals surface area contributed by atoms with Gasteiger partial charge in [0.2, 0.25) is 11.8 Å². The minimum atomic E-state index is -1.28. The molecule has 2 aliphatic rings. The van der Waals surface area contributed by atoms with Gasteiger partial charge < -0.3 is 31.7 Å². The Morgan fingerprint density at radius 3 is 2.61 bits per heavy atom. The number of carbonyl (C=O) groups excluding carboxylic acids is 1. The molecule has 2 heterocycles. The number of aryl methyl sites for hydroxylation is 1. The number of hydrogen-bond acceptors (Lipinski definition) is 8. The highest BCUT2D eigenvalue weighted by Gasteiger charge is 2.25. The molecule has 1 unspecified atom stereocenters. The van der Waals surface area contributed by atoms with Crippen molar-refractivity contribution in [1.82, 2.24) is 10.6 Å². The average molecular weight is 457 g/mol. The largest absolute Gasteiger partial charge is 0.493 e. The number of nitrogens with one attached hydrogen (secondary N) is 2. The van der Waals surface area contributed by atoms with E-state index in [1.807, 2.05) is 12.1 Å². The first-order valence-electron chi connectivity index (χ1n) is 10.7. The van der Waals surface area contributed by atoms with Crippen LogP contribution in [0.25, 0.3) is 0 Å². The van der Waals surface area contributed by atoms with Crippen LogP contribution in [0.2, 0.25) is 0 Å². The lowest BCUT2D eigenvalue weighted by Gasteiger charge is -2.19. The molecule has 7 N–H and O–H groups in total. The van der Waals surface area contributed by atoms with Gasteiger partial charge in [-0.3, -0.25) is 14.6 Å². The molecule has 0 saturated heterocycles. The van der Waals surface area contributed by atoms with Gasteiger partial charge in [0.15, 0.2) is 0 Å². The number of aliphatic hydroxyl groups excluding tert-OH is 1. The van der Waals surface area contributed by atoms with Crippen molar-refractivity contribution < 1.29 is 29.7 Å². The van der Waals surface area contributed by atoms with Crippen molar-refractivity contribution in [1.29, 1.82) is 0 Å². The van der Waals surface area contributed by atoms with E-state index >= 15 is 0 Å². The van der Waals surface area contributed by atoms with Crippen LogP contribution in [0, 0.1) is 5.92 Å². The molecule has 11 heteroatoms. The monoisotopic (exact) mass is 457 g/mol. The number of aliphatic imine (C=N–C) groups is 2. The second-order valence-electron chi connectivity index (χ2n) is 8.05. The number of carbonyl (C=O) groups is 3. The minimum absolute atomic E-state index is 0.102. The van der Waals surface area contributed by atoms with E-state index in [1.165, 1.54) is 0 Å². The third kappa shape index (κ3) is 6.55. The maximum atomic E-state index is 12.4. The molecule has 0 spiro atoms. The molecule has 0 bridgehead atoms. The molecule has 2 atom stereocenters. The Kier molecular flexibility index (Phi) is 7.65. The van der Waals surface area contributed by atoms with E-state index in [1.54, 1.807) is 12.1 Å². The lowest BCUT2D eigenvalue weighted by molar-refractivity contribution is -0.140. The predicted octanol–water partition coefficient (Wildman–Crippen LogP) is 1.16. The van der Waals surface area contributed by atoms with Gasteiger partial charge in [0.1, 0.15) is 11.9 Å². The molecule has 0 aliphatic carbocycles. The zero-order chi connectivity index (χ0) is 24.0. The lowest BCUT2D eigenvalue weighted by Crippen LogP contribution is -2.41. The maximum Gasteiger partial charge on any atom is 0.326 e. The third-order valence-electron chi connectivity index (χ3n) is 5.64. The standard InChI is InChI=1S/C22H27N5O6/c23-22-26-18-15(20(31)27-22)11-13(9-10-24-18)2-1-12-3-5-14(6-4-12)19(30)25-16(21(32)33)7-8-17(28)29/h3-6,13,16H,1-2,7-11H2,(H,25,30)(H,28,29)(H,32,33)(H4,23,24,26,27,31)/t13?,16-/m0/s1. The molecule has 1 aromatic rings. The molecule has 2 aliphatic heterocycles. The number of carboxylic acid groups (broad SMARTS) is 2. The summed E-state index contributed by atoms with van der Waals surface area (Å²) >= 11 is 0. The van der Waals surface area contributed by atoms with Gasteiger partial charge in [-0.2, -0.15) is 4.99 Å². The Bertz CT molecular complexity index is 1010. The number of aliphatic carboxylic acids is 2. The second-order valence-corrected chi connectivity index (χ2v) is 8.05. The first kappa shape index (κ1) is 23.8. The van der Waals surface area contributed by atoms with Crippen LogP contribution in [0.15, 0.2) is 45.7 Å². The molecule has 1 amide bonds. The molecule has 0 saturated carbocycles. The quantitative estimate of drug-likeness (QED) is 0.319. The van der Waals surface area contributed by atoms with E-state index in [0.717, 1.165) is 24.8 Å². The van der Waals surface area contributed by atoms with E-state index in [2.05, 4.69) is 20.6 Å². The molecule has 11 nitrogen and oxygen atoms in total. The number of amidine groups is 1. The second kappa shape index (κ2) is 10.6. The fourth-order valence-electron chi connectivity index (χ4n) is 3.79. The molecule has 3 rings (SSSR count). The van der Waals surface area contributed by atoms with E-state index in [-0.39, 0.29) is 30.6 Å². The summed E-state index contributed by atoms with van der Waals surface area (Å²) in [5, 5.41) is 33.3. The highest BCUT2D eigenvalue weighted by atomic mass is 16.4. The molecule has 0 aromatic heterocycles. The summed E-state index contributed by atoms with van der Waals surface area (Å²) in [6.07, 6.45) is 2.54. The van der Waals surface area contributed by atoms with Crippen molar-refractivity contribution in [2.75, 3.05) is 6.54 Å². The van der Waals surface area contributed by atoms with Crippen LogP contribution in [0.3, 0.4) is 0 Å². The smallest absolute Gasteiger partial charge is 0.326 e. The highest BCUT2D eigenvalue weighted by molar-refractivity contribution is 6.10. The van der Waals surface area contributed by atoms with Crippen molar-refractivity contribution in [2.45, 2.75) is 44.6 Å². The van der Waals surface area contributed by atoms with Gasteiger partial charge in [-0.15, -0.1) is 0 Å². The third-order valence-corrected chi connectivity index (χ3v) is 5.64. The van der Waals surface area contributed by atoms with Crippen molar-refractivity contribution in [3.63, 3.8) is 0 Å². The Hall–Kier alpha value is -3.89. The van der Waals surface area contributed by atoms with Crippen LogP contribution in [0.5, 0.6) is 0 Å². The van der Waals surface area contributed by atoms with Crippen molar-refractivity contribution in [3.05, 3.63) is 46.8 Å². The molecule has 0 fully saturated rings. The Labute approximate surface area is 190 Å². The van der Waals surface area contributed by atoms with Gasteiger partial charge in [0.25, 0.3) is 5.91 Å². The van der Waals surface area contributed by atoms with Gasteiger partial charge in [-0.25, -0.2) is 4.79 Å². The molecule has 176 valence electrons. The fourth-order valence-corrected chi connectivity index (χ4v) is 3.79. The molecule has 33 heavy (non-hydrogen) atoms. The van der Waals surface area contributed by atoms with E-state index in [0.29, 0.717) is 29.9 Å². The number of carboxylic acids is 2. The predicted molar refractivity (Wildman–Crippen MR) is 120 cm³/mol. The number of rotatable bonds is 9. The molecular formula is C22H27N5O6. The van der Waals surface area contributed by atoms with Crippen LogP contribution in [-0.2, 0) is 16.0 Å². The fraction of sp³-hybridized carbons (Fsp3) is 0.409. The number of hydrogen-bond donors (Lipinski definition) is 6. The van der Waals surface area contributed by atoms with Crippen LogP contribution < -0.4 is 16.4 Å².